The van der Waals surface area contributed by atoms with Gasteiger partial charge in [-0.15, -0.1) is 0 Å². The van der Waals surface area contributed by atoms with Crippen molar-refractivity contribution in [2.75, 3.05) is 24.8 Å². The van der Waals surface area contributed by atoms with Crippen molar-refractivity contribution in [3.05, 3.63) is 41.2 Å². The van der Waals surface area contributed by atoms with Crippen LogP contribution < -0.4 is 5.32 Å². The van der Waals surface area contributed by atoms with E-state index < -0.39 is 0 Å². The maximum absolute atomic E-state index is 12.3. The summed E-state index contributed by atoms with van der Waals surface area (Å²) < 4.78 is 7.27. The predicted octanol–water partition coefficient (Wildman–Crippen LogP) is 3.44. The first kappa shape index (κ1) is 18.5. The maximum Gasteiger partial charge on any atom is 0.234 e. The molecule has 0 bridgehead atoms. The Morgan fingerprint density at radius 3 is 2.79 bits per heavy atom. The first-order chi connectivity index (χ1) is 11.6. The van der Waals surface area contributed by atoms with Gasteiger partial charge in [-0.25, -0.2) is 4.98 Å². The van der Waals surface area contributed by atoms with Crippen LogP contribution in [0.4, 0.5) is 5.69 Å². The third-order valence-electron chi connectivity index (χ3n) is 3.95. The molecule has 0 saturated carbocycles. The molecule has 2 aromatic rings. The number of ether oxygens (including phenoxy) is 1. The van der Waals surface area contributed by atoms with Crippen molar-refractivity contribution in [1.29, 1.82) is 0 Å². The predicted molar refractivity (Wildman–Crippen MR) is 98.8 cm³/mol. The molecule has 0 saturated heterocycles. The van der Waals surface area contributed by atoms with E-state index in [2.05, 4.69) is 21.8 Å². The highest BCUT2D eigenvalue weighted by Crippen LogP contribution is 2.22. The van der Waals surface area contributed by atoms with Crippen LogP contribution in [0, 0.1) is 13.8 Å². The zero-order valence-corrected chi connectivity index (χ0v) is 15.6. The first-order valence-corrected chi connectivity index (χ1v) is 9.08. The van der Waals surface area contributed by atoms with Crippen LogP contribution in [-0.4, -0.2) is 34.9 Å². The number of hydrogen-bond acceptors (Lipinski definition) is 4. The fourth-order valence-corrected chi connectivity index (χ4v) is 3.36. The second-order valence-electron chi connectivity index (χ2n) is 5.56. The van der Waals surface area contributed by atoms with E-state index in [1.54, 1.807) is 7.11 Å². The van der Waals surface area contributed by atoms with Gasteiger partial charge in [-0.2, -0.15) is 0 Å². The van der Waals surface area contributed by atoms with Crippen molar-refractivity contribution < 1.29 is 9.53 Å². The van der Waals surface area contributed by atoms with Gasteiger partial charge in [0.05, 0.1) is 18.1 Å². The smallest absolute Gasteiger partial charge is 0.234 e. The molecule has 2 rings (SSSR count). The van der Waals surface area contributed by atoms with Gasteiger partial charge in [-0.1, -0.05) is 36.9 Å². The number of para-hydroxylation sites is 1. The molecule has 6 heteroatoms. The van der Waals surface area contributed by atoms with E-state index in [1.165, 1.54) is 11.8 Å². The summed E-state index contributed by atoms with van der Waals surface area (Å²) in [5.41, 5.74) is 4.14. The number of methoxy groups -OCH3 is 1. The molecule has 24 heavy (non-hydrogen) atoms. The van der Waals surface area contributed by atoms with Crippen molar-refractivity contribution in [3.8, 4) is 0 Å². The van der Waals surface area contributed by atoms with Gasteiger partial charge >= 0.3 is 0 Å². The van der Waals surface area contributed by atoms with Crippen LogP contribution >= 0.6 is 11.8 Å². The number of amides is 1. The van der Waals surface area contributed by atoms with E-state index >= 15 is 0 Å². The fourth-order valence-electron chi connectivity index (χ4n) is 2.45. The van der Waals surface area contributed by atoms with Crippen molar-refractivity contribution in [2.24, 2.45) is 0 Å². The quantitative estimate of drug-likeness (QED) is 0.743. The summed E-state index contributed by atoms with van der Waals surface area (Å²) in [4.78, 5) is 16.8. The Morgan fingerprint density at radius 1 is 1.33 bits per heavy atom. The van der Waals surface area contributed by atoms with E-state index in [1.807, 2.05) is 38.1 Å². The van der Waals surface area contributed by atoms with Crippen LogP contribution in [0.2, 0.25) is 0 Å². The summed E-state index contributed by atoms with van der Waals surface area (Å²) in [6, 6.07) is 7.90. The van der Waals surface area contributed by atoms with Crippen LogP contribution in [0.15, 0.2) is 29.4 Å². The number of anilines is 1. The number of aromatic nitrogens is 2. The first-order valence-electron chi connectivity index (χ1n) is 8.10. The Bertz CT molecular complexity index is 698. The Kier molecular flexibility index (Phi) is 6.87. The third kappa shape index (κ3) is 4.61. The molecule has 1 aromatic carbocycles. The Hall–Kier alpha value is -1.79. The molecule has 1 amide bonds. The van der Waals surface area contributed by atoms with E-state index in [9.17, 15) is 4.79 Å². The molecule has 0 aliphatic heterocycles. The van der Waals surface area contributed by atoms with Gasteiger partial charge in [-0.05, 0) is 31.9 Å². The molecule has 0 atom stereocenters. The monoisotopic (exact) mass is 347 g/mol. The second kappa shape index (κ2) is 8.89. The molecule has 1 heterocycles. The molecule has 0 radical (unpaired) electrons. The number of hydrogen-bond donors (Lipinski definition) is 1. The van der Waals surface area contributed by atoms with Crippen LogP contribution in [-0.2, 0) is 22.5 Å². The molecule has 0 unspecified atom stereocenters. The largest absolute Gasteiger partial charge is 0.383 e. The number of carbonyl (C=O) groups is 1. The minimum atomic E-state index is -0.0162. The van der Waals surface area contributed by atoms with Gasteiger partial charge in [0.1, 0.15) is 0 Å². The van der Waals surface area contributed by atoms with Gasteiger partial charge in [0.2, 0.25) is 5.91 Å². The number of nitrogens with one attached hydrogen (secondary N) is 1. The van der Waals surface area contributed by atoms with Crippen LogP contribution in [0.25, 0.3) is 0 Å². The molecule has 0 aliphatic rings. The highest BCUT2D eigenvalue weighted by Gasteiger charge is 2.13. The van der Waals surface area contributed by atoms with Gasteiger partial charge in [0, 0.05) is 25.0 Å². The molecule has 5 nitrogen and oxygen atoms in total. The van der Waals surface area contributed by atoms with Crippen molar-refractivity contribution >= 4 is 23.4 Å². The van der Waals surface area contributed by atoms with Crippen LogP contribution in [0.1, 0.15) is 23.9 Å². The summed E-state index contributed by atoms with van der Waals surface area (Å²) >= 11 is 1.46. The number of carbonyl (C=O) groups excluding carboxylic acids is 1. The Morgan fingerprint density at radius 2 is 2.08 bits per heavy atom. The Balaban J connectivity index is 2.00. The lowest BCUT2D eigenvalue weighted by Crippen LogP contribution is -2.16. The second-order valence-corrected chi connectivity index (χ2v) is 6.50. The van der Waals surface area contributed by atoms with Crippen molar-refractivity contribution in [2.45, 2.75) is 38.9 Å². The van der Waals surface area contributed by atoms with Crippen LogP contribution in [0.5, 0.6) is 0 Å². The molecule has 0 aliphatic carbocycles. The van der Waals surface area contributed by atoms with Crippen molar-refractivity contribution in [3.63, 3.8) is 0 Å². The summed E-state index contributed by atoms with van der Waals surface area (Å²) in [6.45, 7) is 7.48. The number of aryl methyl sites for hydroxylation is 2. The van der Waals surface area contributed by atoms with E-state index in [0.717, 1.165) is 40.8 Å². The minimum Gasteiger partial charge on any atom is -0.383 e. The van der Waals surface area contributed by atoms with E-state index in [-0.39, 0.29) is 5.91 Å². The highest BCUT2D eigenvalue weighted by molar-refractivity contribution is 7.99. The maximum atomic E-state index is 12.3. The van der Waals surface area contributed by atoms with Gasteiger partial charge in [0.15, 0.2) is 5.16 Å². The number of benzene rings is 1. The number of thioether (sulfide) groups is 1. The average Bonchev–Trinajstić information content (AvgIpc) is 2.85. The van der Waals surface area contributed by atoms with Crippen LogP contribution in [0.3, 0.4) is 0 Å². The average molecular weight is 347 g/mol. The van der Waals surface area contributed by atoms with Gasteiger partial charge < -0.3 is 14.6 Å². The molecular weight excluding hydrogens is 322 g/mol. The lowest BCUT2D eigenvalue weighted by Gasteiger charge is -2.11. The lowest BCUT2D eigenvalue weighted by molar-refractivity contribution is -0.113. The fraction of sp³-hybridized carbons (Fsp3) is 0.444. The van der Waals surface area contributed by atoms with E-state index in [0.29, 0.717) is 12.4 Å². The Labute approximate surface area is 147 Å². The molecule has 1 N–H and O–H groups in total. The third-order valence-corrected chi connectivity index (χ3v) is 4.92. The standard InChI is InChI=1S/C18H25N3O2S/c1-5-15-8-6-7-9-16(15)20-17(22)12-24-18-19-13(2)14(3)21(18)10-11-23-4/h6-9H,5,10-12H2,1-4H3,(H,20,22). The number of imidazole rings is 1. The number of rotatable bonds is 8. The SMILES string of the molecule is CCc1ccccc1NC(=O)CSc1nc(C)c(C)n1CCOC. The lowest BCUT2D eigenvalue weighted by atomic mass is 10.1. The molecule has 0 spiro atoms. The molecule has 0 fully saturated rings. The normalized spacial score (nSPS) is 10.8. The topological polar surface area (TPSA) is 56.2 Å². The summed E-state index contributed by atoms with van der Waals surface area (Å²) in [6.07, 6.45) is 0.892. The molecule has 130 valence electrons. The zero-order chi connectivity index (χ0) is 17.5. The van der Waals surface area contributed by atoms with Gasteiger partial charge in [0.25, 0.3) is 0 Å². The zero-order valence-electron chi connectivity index (χ0n) is 14.8. The van der Waals surface area contributed by atoms with Gasteiger partial charge in [-0.3, -0.25) is 4.79 Å². The summed E-state index contributed by atoms with van der Waals surface area (Å²) in [5, 5.41) is 3.86. The molecule has 1 aromatic heterocycles. The summed E-state index contributed by atoms with van der Waals surface area (Å²) in [7, 11) is 1.69. The highest BCUT2D eigenvalue weighted by atomic mass is 32.2. The minimum absolute atomic E-state index is 0.0162. The summed E-state index contributed by atoms with van der Waals surface area (Å²) in [5.74, 6) is 0.318. The van der Waals surface area contributed by atoms with Crippen molar-refractivity contribution in [1.82, 2.24) is 9.55 Å². The molecular formula is C18H25N3O2S. The number of nitrogens with zero attached hydrogens (tertiary/aromatic N) is 2. The van der Waals surface area contributed by atoms with E-state index in [4.69, 9.17) is 4.74 Å².